The molecule has 0 aliphatic carbocycles. The van der Waals surface area contributed by atoms with Gasteiger partial charge in [-0.2, -0.15) is 4.98 Å². The molecule has 5 heteroatoms. The van der Waals surface area contributed by atoms with Crippen LogP contribution in [0.4, 0.5) is 16.2 Å². The summed E-state index contributed by atoms with van der Waals surface area (Å²) in [4.78, 5) is 11.2. The summed E-state index contributed by atoms with van der Waals surface area (Å²) in [5, 5.41) is 3.33. The second-order valence-corrected chi connectivity index (χ2v) is 5.77. The zero-order chi connectivity index (χ0) is 16.7. The molecule has 4 nitrogen and oxygen atoms in total. The predicted octanol–water partition coefficient (Wildman–Crippen LogP) is 3.82. The van der Waals surface area contributed by atoms with E-state index in [1.165, 1.54) is 12.1 Å². The lowest BCUT2D eigenvalue weighted by molar-refractivity contribution is 0.627. The van der Waals surface area contributed by atoms with Crippen molar-refractivity contribution in [2.75, 3.05) is 30.4 Å². The Bertz CT molecular complexity index is 613. The Balaban J connectivity index is 1.94. The van der Waals surface area contributed by atoms with Gasteiger partial charge in [0.05, 0.1) is 0 Å². The highest BCUT2D eigenvalue weighted by Gasteiger charge is 2.07. The van der Waals surface area contributed by atoms with Crippen molar-refractivity contribution in [3.8, 4) is 0 Å². The van der Waals surface area contributed by atoms with Crippen LogP contribution in [0.15, 0.2) is 30.3 Å². The highest BCUT2D eigenvalue weighted by atomic mass is 19.1. The number of unbranched alkanes of at least 4 members (excludes halogenated alkanes) is 1. The van der Waals surface area contributed by atoms with Crippen molar-refractivity contribution in [2.24, 2.45) is 0 Å². The number of rotatable bonds is 8. The Morgan fingerprint density at radius 3 is 2.61 bits per heavy atom. The molecule has 2 rings (SSSR count). The van der Waals surface area contributed by atoms with Gasteiger partial charge >= 0.3 is 0 Å². The van der Waals surface area contributed by atoms with Crippen LogP contribution >= 0.6 is 0 Å². The van der Waals surface area contributed by atoms with Gasteiger partial charge in [0.1, 0.15) is 11.6 Å². The molecule has 0 amide bonds. The molecule has 23 heavy (non-hydrogen) atoms. The lowest BCUT2D eigenvalue weighted by Crippen LogP contribution is -2.22. The largest absolute Gasteiger partial charge is 0.370 e. The van der Waals surface area contributed by atoms with Crippen LogP contribution in [0.2, 0.25) is 0 Å². The van der Waals surface area contributed by atoms with Crippen molar-refractivity contribution in [1.82, 2.24) is 9.97 Å². The van der Waals surface area contributed by atoms with Crippen LogP contribution in [0, 0.1) is 12.7 Å². The van der Waals surface area contributed by atoms with E-state index >= 15 is 0 Å². The minimum Gasteiger partial charge on any atom is -0.370 e. The van der Waals surface area contributed by atoms with Gasteiger partial charge in [0.25, 0.3) is 0 Å². The fraction of sp³-hybridized carbons (Fsp3) is 0.444. The molecule has 2 aromatic rings. The van der Waals surface area contributed by atoms with Gasteiger partial charge in [-0.25, -0.2) is 9.37 Å². The van der Waals surface area contributed by atoms with Gasteiger partial charge in [-0.05, 0) is 37.5 Å². The highest BCUT2D eigenvalue weighted by molar-refractivity contribution is 5.43. The Labute approximate surface area is 137 Å². The molecular weight excluding hydrogens is 291 g/mol. The summed E-state index contributed by atoms with van der Waals surface area (Å²) in [5.41, 5.74) is 2.05. The Hall–Kier alpha value is -2.17. The summed E-state index contributed by atoms with van der Waals surface area (Å²) in [6, 6.07) is 8.55. The average Bonchev–Trinajstić information content (AvgIpc) is 2.54. The monoisotopic (exact) mass is 316 g/mol. The van der Waals surface area contributed by atoms with Crippen molar-refractivity contribution in [1.29, 1.82) is 0 Å². The van der Waals surface area contributed by atoms with Gasteiger partial charge in [0.2, 0.25) is 5.95 Å². The molecule has 0 atom stereocenters. The lowest BCUT2D eigenvalue weighted by Gasteiger charge is -2.18. The molecule has 0 saturated heterocycles. The fourth-order valence-electron chi connectivity index (χ4n) is 2.30. The molecule has 0 fully saturated rings. The average molecular weight is 316 g/mol. The van der Waals surface area contributed by atoms with E-state index in [0.717, 1.165) is 55.4 Å². The van der Waals surface area contributed by atoms with Crippen LogP contribution < -0.4 is 10.2 Å². The third kappa shape index (κ3) is 5.51. The van der Waals surface area contributed by atoms with Crippen molar-refractivity contribution in [3.63, 3.8) is 0 Å². The van der Waals surface area contributed by atoms with E-state index in [9.17, 15) is 4.39 Å². The van der Waals surface area contributed by atoms with Crippen LogP contribution in [-0.2, 0) is 6.42 Å². The molecule has 0 saturated carbocycles. The summed E-state index contributed by atoms with van der Waals surface area (Å²) < 4.78 is 12.9. The van der Waals surface area contributed by atoms with Crippen molar-refractivity contribution in [2.45, 2.75) is 33.1 Å². The Kier molecular flexibility index (Phi) is 6.32. The number of hydrogen-bond acceptors (Lipinski definition) is 4. The molecule has 0 bridgehead atoms. The molecule has 0 unspecified atom stereocenters. The zero-order valence-corrected chi connectivity index (χ0v) is 14.1. The van der Waals surface area contributed by atoms with Gasteiger partial charge in [0.15, 0.2) is 0 Å². The number of aromatic nitrogens is 2. The van der Waals surface area contributed by atoms with Crippen LogP contribution in [0.5, 0.6) is 0 Å². The van der Waals surface area contributed by atoms with Gasteiger partial charge in [-0.15, -0.1) is 0 Å². The topological polar surface area (TPSA) is 41.1 Å². The first kappa shape index (κ1) is 17.2. The summed E-state index contributed by atoms with van der Waals surface area (Å²) in [6.45, 7) is 5.85. The molecule has 0 aliphatic heterocycles. The van der Waals surface area contributed by atoms with E-state index in [1.807, 2.05) is 32.2 Å². The number of nitrogens with one attached hydrogen (secondary N) is 1. The van der Waals surface area contributed by atoms with Crippen LogP contribution in [0.1, 0.15) is 31.0 Å². The van der Waals surface area contributed by atoms with E-state index in [0.29, 0.717) is 0 Å². The number of anilines is 2. The van der Waals surface area contributed by atoms with Gasteiger partial charge in [-0.1, -0.05) is 25.5 Å². The first-order chi connectivity index (χ1) is 11.1. The van der Waals surface area contributed by atoms with Crippen molar-refractivity contribution in [3.05, 3.63) is 47.4 Å². The van der Waals surface area contributed by atoms with Gasteiger partial charge in [-0.3, -0.25) is 0 Å². The Morgan fingerprint density at radius 2 is 1.91 bits per heavy atom. The third-order valence-corrected chi connectivity index (χ3v) is 3.66. The minimum absolute atomic E-state index is 0.201. The van der Waals surface area contributed by atoms with Gasteiger partial charge in [0, 0.05) is 31.9 Å². The number of halogens is 1. The van der Waals surface area contributed by atoms with Crippen molar-refractivity contribution < 1.29 is 4.39 Å². The molecule has 0 radical (unpaired) electrons. The normalized spacial score (nSPS) is 10.6. The number of hydrogen-bond donors (Lipinski definition) is 1. The predicted molar refractivity (Wildman–Crippen MR) is 93.5 cm³/mol. The SMILES string of the molecule is CCCCN(C)c1nc(C)cc(NCCc2ccc(F)cc2)n1. The van der Waals surface area contributed by atoms with E-state index in [1.54, 1.807) is 0 Å². The minimum atomic E-state index is -0.201. The number of aryl methyl sites for hydroxylation is 1. The summed E-state index contributed by atoms with van der Waals surface area (Å²) >= 11 is 0. The molecule has 124 valence electrons. The van der Waals surface area contributed by atoms with Gasteiger partial charge < -0.3 is 10.2 Å². The van der Waals surface area contributed by atoms with E-state index in [-0.39, 0.29) is 5.82 Å². The van der Waals surface area contributed by atoms with Crippen molar-refractivity contribution >= 4 is 11.8 Å². The maximum absolute atomic E-state index is 12.9. The molecule has 1 aromatic carbocycles. The first-order valence-electron chi connectivity index (χ1n) is 8.13. The van der Waals surface area contributed by atoms with Crippen LogP contribution in [0.25, 0.3) is 0 Å². The summed E-state index contributed by atoms with van der Waals surface area (Å²) in [7, 11) is 2.02. The van der Waals surface area contributed by atoms with E-state index < -0.39 is 0 Å². The molecule has 1 aromatic heterocycles. The maximum atomic E-state index is 12.9. The summed E-state index contributed by atoms with van der Waals surface area (Å²) in [6.07, 6.45) is 3.10. The quantitative estimate of drug-likeness (QED) is 0.804. The Morgan fingerprint density at radius 1 is 1.17 bits per heavy atom. The second kappa shape index (κ2) is 8.46. The molecular formula is C18H25FN4. The fourth-order valence-corrected chi connectivity index (χ4v) is 2.30. The number of benzene rings is 1. The third-order valence-electron chi connectivity index (χ3n) is 3.66. The molecule has 0 spiro atoms. The first-order valence-corrected chi connectivity index (χ1v) is 8.13. The van der Waals surface area contributed by atoms with E-state index in [4.69, 9.17) is 0 Å². The summed E-state index contributed by atoms with van der Waals surface area (Å²) in [5.74, 6) is 1.38. The second-order valence-electron chi connectivity index (χ2n) is 5.77. The lowest BCUT2D eigenvalue weighted by atomic mass is 10.1. The molecule has 0 aliphatic rings. The van der Waals surface area contributed by atoms with Crippen LogP contribution in [-0.4, -0.2) is 30.1 Å². The zero-order valence-electron chi connectivity index (χ0n) is 14.1. The molecule has 1 N–H and O–H groups in total. The number of nitrogens with zero attached hydrogens (tertiary/aromatic N) is 3. The van der Waals surface area contributed by atoms with E-state index in [2.05, 4.69) is 27.1 Å². The highest BCUT2D eigenvalue weighted by Crippen LogP contribution is 2.13. The van der Waals surface area contributed by atoms with Crippen LogP contribution in [0.3, 0.4) is 0 Å². The molecule has 1 heterocycles. The maximum Gasteiger partial charge on any atom is 0.227 e. The standard InChI is InChI=1S/C18H25FN4/c1-4-5-12-23(3)18-21-14(2)13-17(22-18)20-11-10-15-6-8-16(19)9-7-15/h6-9,13H,4-5,10-12H2,1-3H3,(H,20,21,22). The smallest absolute Gasteiger partial charge is 0.227 e.